The van der Waals surface area contributed by atoms with Crippen LogP contribution in [0, 0.1) is 0 Å². The predicted molar refractivity (Wildman–Crippen MR) is 120 cm³/mol. The fourth-order valence-corrected chi connectivity index (χ4v) is 3.33. The van der Waals surface area contributed by atoms with Gasteiger partial charge in [-0.2, -0.15) is 0 Å². The highest BCUT2D eigenvalue weighted by Crippen LogP contribution is 2.21. The van der Waals surface area contributed by atoms with Crippen LogP contribution in [-0.2, 0) is 27.4 Å². The van der Waals surface area contributed by atoms with Crippen molar-refractivity contribution >= 4 is 17.7 Å². The molecule has 0 aliphatic rings. The van der Waals surface area contributed by atoms with Crippen molar-refractivity contribution in [2.45, 2.75) is 38.5 Å². The van der Waals surface area contributed by atoms with Gasteiger partial charge < -0.3 is 10.5 Å². The summed E-state index contributed by atoms with van der Waals surface area (Å²) in [5, 5.41) is 0. The van der Waals surface area contributed by atoms with Gasteiger partial charge in [-0.1, -0.05) is 66.7 Å². The number of carbonyl (C=O) groups is 2. The topological polar surface area (TPSA) is 85.5 Å². The molecule has 2 aromatic carbocycles. The summed E-state index contributed by atoms with van der Waals surface area (Å²) < 4.78 is 5.49. The highest BCUT2D eigenvalue weighted by molar-refractivity contribution is 5.97. The van der Waals surface area contributed by atoms with Crippen molar-refractivity contribution in [2.75, 3.05) is 4.90 Å². The van der Waals surface area contributed by atoms with Crippen molar-refractivity contribution < 1.29 is 14.3 Å². The highest BCUT2D eigenvalue weighted by Gasteiger charge is 2.30. The zero-order chi connectivity index (χ0) is 22.1. The Hall–Kier alpha value is -3.51. The van der Waals surface area contributed by atoms with Crippen LogP contribution in [-0.4, -0.2) is 28.9 Å². The van der Waals surface area contributed by atoms with Crippen molar-refractivity contribution in [1.29, 1.82) is 0 Å². The van der Waals surface area contributed by atoms with Crippen molar-refractivity contribution in [3.8, 4) is 0 Å². The van der Waals surface area contributed by atoms with Gasteiger partial charge in [-0.3, -0.25) is 14.5 Å². The molecule has 0 unspecified atom stereocenters. The van der Waals surface area contributed by atoms with E-state index in [1.54, 1.807) is 31.3 Å². The number of carbonyl (C=O) groups excluding carboxylic acids is 2. The van der Waals surface area contributed by atoms with Crippen molar-refractivity contribution in [3.05, 3.63) is 96.2 Å². The monoisotopic (exact) mass is 417 g/mol. The smallest absolute Gasteiger partial charge is 0.308 e. The van der Waals surface area contributed by atoms with E-state index < -0.39 is 12.1 Å². The fourth-order valence-electron chi connectivity index (χ4n) is 3.33. The van der Waals surface area contributed by atoms with Gasteiger partial charge in [0.05, 0.1) is 18.5 Å². The lowest BCUT2D eigenvalue weighted by Gasteiger charge is -2.32. The Labute approximate surface area is 182 Å². The van der Waals surface area contributed by atoms with E-state index in [4.69, 9.17) is 10.5 Å². The number of esters is 1. The van der Waals surface area contributed by atoms with Gasteiger partial charge >= 0.3 is 5.97 Å². The average Bonchev–Trinajstić information content (AvgIpc) is 2.80. The van der Waals surface area contributed by atoms with Crippen LogP contribution in [0.5, 0.6) is 0 Å². The molecule has 2 atom stereocenters. The molecule has 1 aromatic heterocycles. The predicted octanol–water partition coefficient (Wildman–Crippen LogP) is 3.51. The standard InChI is InChI=1S/C25H27N3O3/c1-19(26)25(30)28(23-14-8-9-15-27-23)22(16-20-10-4-2-5-11-20)17-24(29)31-18-21-12-6-3-7-13-21/h2-15,19,22H,16-18,26H2,1H3/t19-,22+/m0/s1. The summed E-state index contributed by atoms with van der Waals surface area (Å²) in [6.45, 7) is 1.81. The molecule has 0 spiro atoms. The SMILES string of the molecule is C[C@H](N)C(=O)N(c1ccccn1)[C@@H](CC(=O)OCc1ccccc1)Cc1ccccc1. The van der Waals surface area contributed by atoms with Gasteiger partial charge in [0.1, 0.15) is 12.4 Å². The van der Waals surface area contributed by atoms with Gasteiger partial charge in [-0.15, -0.1) is 0 Å². The first-order valence-electron chi connectivity index (χ1n) is 10.3. The van der Waals surface area contributed by atoms with Gasteiger partial charge in [-0.05, 0) is 36.6 Å². The van der Waals surface area contributed by atoms with E-state index in [1.165, 1.54) is 4.90 Å². The molecule has 1 heterocycles. The maximum Gasteiger partial charge on any atom is 0.308 e. The number of pyridine rings is 1. The summed E-state index contributed by atoms with van der Waals surface area (Å²) in [4.78, 5) is 31.7. The van der Waals surface area contributed by atoms with E-state index in [-0.39, 0.29) is 24.9 Å². The van der Waals surface area contributed by atoms with E-state index in [9.17, 15) is 9.59 Å². The summed E-state index contributed by atoms with van der Waals surface area (Å²) in [7, 11) is 0. The first-order valence-corrected chi connectivity index (χ1v) is 10.3. The van der Waals surface area contributed by atoms with E-state index >= 15 is 0 Å². The molecular weight excluding hydrogens is 390 g/mol. The number of hydrogen-bond donors (Lipinski definition) is 1. The van der Waals surface area contributed by atoms with Gasteiger partial charge in [-0.25, -0.2) is 4.98 Å². The molecule has 0 bridgehead atoms. The molecule has 0 aliphatic carbocycles. The molecule has 6 nitrogen and oxygen atoms in total. The molecule has 3 aromatic rings. The van der Waals surface area contributed by atoms with E-state index in [2.05, 4.69) is 4.98 Å². The summed E-state index contributed by atoms with van der Waals surface area (Å²) in [5.41, 5.74) is 7.84. The number of nitrogens with two attached hydrogens (primary N) is 1. The summed E-state index contributed by atoms with van der Waals surface area (Å²) in [6.07, 6.45) is 2.11. The van der Waals surface area contributed by atoms with Crippen molar-refractivity contribution in [1.82, 2.24) is 4.98 Å². The molecule has 3 rings (SSSR count). The van der Waals surface area contributed by atoms with Crippen LogP contribution in [0.3, 0.4) is 0 Å². The molecule has 0 saturated carbocycles. The van der Waals surface area contributed by atoms with Crippen LogP contribution in [0.15, 0.2) is 85.1 Å². The molecule has 0 radical (unpaired) electrons. The van der Waals surface area contributed by atoms with Gasteiger partial charge in [0.25, 0.3) is 0 Å². The van der Waals surface area contributed by atoms with Crippen LogP contribution < -0.4 is 10.6 Å². The molecule has 31 heavy (non-hydrogen) atoms. The number of nitrogens with zero attached hydrogens (tertiary/aromatic N) is 2. The Bertz CT molecular complexity index is 963. The van der Waals surface area contributed by atoms with Gasteiger partial charge in [0, 0.05) is 6.20 Å². The summed E-state index contributed by atoms with van der Waals surface area (Å²) in [5.74, 6) is -0.222. The Balaban J connectivity index is 1.84. The number of rotatable bonds is 9. The minimum atomic E-state index is -0.736. The lowest BCUT2D eigenvalue weighted by molar-refractivity contribution is -0.145. The molecule has 1 amide bonds. The van der Waals surface area contributed by atoms with E-state index in [0.29, 0.717) is 12.2 Å². The summed E-state index contributed by atoms with van der Waals surface area (Å²) in [6, 6.07) is 23.3. The molecular formula is C25H27N3O3. The number of amides is 1. The van der Waals surface area contributed by atoms with Gasteiger partial charge in [0.15, 0.2) is 0 Å². The van der Waals surface area contributed by atoms with Gasteiger partial charge in [0.2, 0.25) is 5.91 Å². The minimum Gasteiger partial charge on any atom is -0.461 e. The maximum absolute atomic E-state index is 13.0. The second-order valence-corrected chi connectivity index (χ2v) is 7.38. The van der Waals surface area contributed by atoms with Crippen LogP contribution in [0.25, 0.3) is 0 Å². The molecule has 0 fully saturated rings. The first kappa shape index (κ1) is 22.2. The molecule has 2 N–H and O–H groups in total. The lowest BCUT2D eigenvalue weighted by atomic mass is 10.0. The maximum atomic E-state index is 13.0. The minimum absolute atomic E-state index is 0.0246. The number of benzene rings is 2. The third kappa shape index (κ3) is 6.49. The third-order valence-electron chi connectivity index (χ3n) is 4.85. The number of aromatic nitrogens is 1. The quantitative estimate of drug-likeness (QED) is 0.539. The van der Waals surface area contributed by atoms with E-state index in [1.807, 2.05) is 60.7 Å². The number of anilines is 1. The molecule has 0 aliphatic heterocycles. The zero-order valence-electron chi connectivity index (χ0n) is 17.6. The Morgan fingerprint density at radius 1 is 0.935 bits per heavy atom. The zero-order valence-corrected chi connectivity index (χ0v) is 17.6. The molecule has 6 heteroatoms. The Morgan fingerprint density at radius 2 is 1.55 bits per heavy atom. The average molecular weight is 418 g/mol. The van der Waals surface area contributed by atoms with Crippen LogP contribution >= 0.6 is 0 Å². The Kier molecular flexibility index (Phi) is 7.90. The molecule has 160 valence electrons. The number of ether oxygens (including phenoxy) is 1. The van der Waals surface area contributed by atoms with Crippen molar-refractivity contribution in [3.63, 3.8) is 0 Å². The summed E-state index contributed by atoms with van der Waals surface area (Å²) >= 11 is 0. The van der Waals surface area contributed by atoms with Crippen LogP contribution in [0.2, 0.25) is 0 Å². The van der Waals surface area contributed by atoms with Crippen LogP contribution in [0.4, 0.5) is 5.82 Å². The second-order valence-electron chi connectivity index (χ2n) is 7.38. The second kappa shape index (κ2) is 11.0. The largest absolute Gasteiger partial charge is 0.461 e. The number of hydrogen-bond acceptors (Lipinski definition) is 5. The van der Waals surface area contributed by atoms with E-state index in [0.717, 1.165) is 11.1 Å². The highest BCUT2D eigenvalue weighted by atomic mass is 16.5. The fraction of sp³-hybridized carbons (Fsp3) is 0.240. The Morgan fingerprint density at radius 3 is 2.13 bits per heavy atom. The molecule has 0 saturated heterocycles. The third-order valence-corrected chi connectivity index (χ3v) is 4.85. The van der Waals surface area contributed by atoms with Crippen molar-refractivity contribution in [2.24, 2.45) is 5.73 Å². The lowest BCUT2D eigenvalue weighted by Crippen LogP contribution is -2.50. The normalized spacial score (nSPS) is 12.6. The van der Waals surface area contributed by atoms with Crippen LogP contribution in [0.1, 0.15) is 24.5 Å². The first-order chi connectivity index (χ1) is 15.0.